The van der Waals surface area contributed by atoms with Gasteiger partial charge < -0.3 is 0 Å². The van der Waals surface area contributed by atoms with Gasteiger partial charge in [-0.2, -0.15) is 0 Å². The van der Waals surface area contributed by atoms with E-state index in [9.17, 15) is 4.79 Å². The van der Waals surface area contributed by atoms with Gasteiger partial charge in [0.2, 0.25) is 0 Å². The minimum atomic E-state index is 0.202. The summed E-state index contributed by atoms with van der Waals surface area (Å²) >= 11 is 8.40. The molecular formula is C12H15Br2NOS. The zero-order valence-electron chi connectivity index (χ0n) is 9.71. The smallest absolute Gasteiger partial charge is 0.178 e. The summed E-state index contributed by atoms with van der Waals surface area (Å²) in [6.45, 7) is 0.520. The first-order chi connectivity index (χ1) is 8.08. The molecule has 2 rings (SSSR count). The van der Waals surface area contributed by atoms with Crippen LogP contribution in [0.1, 0.15) is 36.0 Å². The number of ketones is 1. The van der Waals surface area contributed by atoms with Crippen LogP contribution >= 0.6 is 43.2 Å². The van der Waals surface area contributed by atoms with Crippen molar-refractivity contribution in [1.82, 2.24) is 4.90 Å². The van der Waals surface area contributed by atoms with Crippen LogP contribution in [-0.2, 0) is 0 Å². The summed E-state index contributed by atoms with van der Waals surface area (Å²) < 4.78 is 1.92. The van der Waals surface area contributed by atoms with Crippen molar-refractivity contribution < 1.29 is 4.79 Å². The molecule has 2 nitrogen and oxygen atoms in total. The van der Waals surface area contributed by atoms with Gasteiger partial charge in [0.25, 0.3) is 0 Å². The molecule has 1 aromatic rings. The van der Waals surface area contributed by atoms with Gasteiger partial charge in [-0.05, 0) is 57.8 Å². The highest BCUT2D eigenvalue weighted by atomic mass is 79.9. The molecule has 1 fully saturated rings. The number of carbonyl (C=O) groups is 1. The fourth-order valence-corrected chi connectivity index (χ4v) is 5.17. The lowest BCUT2D eigenvalue weighted by atomic mass is 10.1. The standard InChI is InChI=1S/C12H15Br2NOS/c1-15(8-4-2-3-5-8)7-10(16)9-6-11(13)17-12(9)14/h6,8H,2-5,7H2,1H3. The number of rotatable bonds is 4. The van der Waals surface area contributed by atoms with E-state index in [2.05, 4.69) is 43.8 Å². The molecule has 1 heterocycles. The summed E-state index contributed by atoms with van der Waals surface area (Å²) in [5.41, 5.74) is 0.798. The molecule has 5 heteroatoms. The number of Topliss-reactive ketones (excluding diaryl/α,β-unsaturated/α-hetero) is 1. The van der Waals surface area contributed by atoms with E-state index >= 15 is 0 Å². The first-order valence-corrected chi connectivity index (χ1v) is 8.16. The van der Waals surface area contributed by atoms with E-state index in [1.54, 1.807) is 11.3 Å². The molecule has 0 unspecified atom stereocenters. The molecule has 17 heavy (non-hydrogen) atoms. The molecule has 0 atom stereocenters. The molecule has 1 aliphatic carbocycles. The first-order valence-electron chi connectivity index (χ1n) is 5.76. The molecule has 0 aliphatic heterocycles. The van der Waals surface area contributed by atoms with Gasteiger partial charge in [-0.25, -0.2) is 0 Å². The molecule has 0 saturated heterocycles. The second kappa shape index (κ2) is 5.95. The largest absolute Gasteiger partial charge is 0.296 e. The third kappa shape index (κ3) is 3.40. The molecule has 1 saturated carbocycles. The zero-order valence-corrected chi connectivity index (χ0v) is 13.7. The Kier molecular flexibility index (Phi) is 4.80. The third-order valence-electron chi connectivity index (χ3n) is 3.30. The van der Waals surface area contributed by atoms with Crippen LogP contribution in [0.3, 0.4) is 0 Å². The summed E-state index contributed by atoms with van der Waals surface area (Å²) in [5.74, 6) is 0.202. The lowest BCUT2D eigenvalue weighted by Gasteiger charge is -2.22. The minimum absolute atomic E-state index is 0.202. The Morgan fingerprint density at radius 3 is 2.65 bits per heavy atom. The molecule has 0 amide bonds. The Labute approximate surface area is 123 Å². The lowest BCUT2D eigenvalue weighted by Crippen LogP contribution is -2.34. The molecule has 0 N–H and O–H groups in total. The Hall–Kier alpha value is 0.290. The van der Waals surface area contributed by atoms with Gasteiger partial charge in [0.1, 0.15) is 0 Å². The number of hydrogen-bond acceptors (Lipinski definition) is 3. The molecule has 94 valence electrons. The average molecular weight is 381 g/mol. The maximum atomic E-state index is 12.2. The van der Waals surface area contributed by atoms with Gasteiger partial charge in [0.05, 0.1) is 14.1 Å². The normalized spacial score (nSPS) is 16.9. The van der Waals surface area contributed by atoms with Crippen LogP contribution in [-0.4, -0.2) is 30.3 Å². The second-order valence-corrected chi connectivity index (χ2v) is 8.26. The molecule has 1 aromatic heterocycles. The highest BCUT2D eigenvalue weighted by molar-refractivity contribution is 9.12. The fourth-order valence-electron chi connectivity index (χ4n) is 2.32. The van der Waals surface area contributed by atoms with Crippen molar-refractivity contribution in [1.29, 1.82) is 0 Å². The van der Waals surface area contributed by atoms with E-state index in [0.29, 0.717) is 12.6 Å². The molecule has 0 radical (unpaired) electrons. The Morgan fingerprint density at radius 2 is 2.12 bits per heavy atom. The van der Waals surface area contributed by atoms with Crippen molar-refractivity contribution in [2.45, 2.75) is 31.7 Å². The summed E-state index contributed by atoms with van der Waals surface area (Å²) in [5, 5.41) is 0. The van der Waals surface area contributed by atoms with E-state index in [1.807, 2.05) is 6.07 Å². The third-order valence-corrected chi connectivity index (χ3v) is 5.64. The van der Waals surface area contributed by atoms with Crippen molar-refractivity contribution in [2.24, 2.45) is 0 Å². The van der Waals surface area contributed by atoms with E-state index in [4.69, 9.17) is 0 Å². The van der Waals surface area contributed by atoms with Gasteiger partial charge in [0.15, 0.2) is 5.78 Å². The van der Waals surface area contributed by atoms with Gasteiger partial charge in [-0.3, -0.25) is 9.69 Å². The van der Waals surface area contributed by atoms with Gasteiger partial charge >= 0.3 is 0 Å². The topological polar surface area (TPSA) is 20.3 Å². The summed E-state index contributed by atoms with van der Waals surface area (Å²) in [6.07, 6.45) is 5.07. The van der Waals surface area contributed by atoms with Crippen molar-refractivity contribution in [2.75, 3.05) is 13.6 Å². The van der Waals surface area contributed by atoms with Crippen LogP contribution < -0.4 is 0 Å². The fraction of sp³-hybridized carbons (Fsp3) is 0.583. The SMILES string of the molecule is CN(CC(=O)c1cc(Br)sc1Br)C1CCCC1. The zero-order chi connectivity index (χ0) is 12.4. The number of halogens is 2. The lowest BCUT2D eigenvalue weighted by molar-refractivity contribution is 0.0920. The Morgan fingerprint density at radius 1 is 1.47 bits per heavy atom. The van der Waals surface area contributed by atoms with E-state index < -0.39 is 0 Å². The Bertz CT molecular complexity index is 413. The van der Waals surface area contributed by atoms with Gasteiger partial charge in [0, 0.05) is 11.6 Å². The van der Waals surface area contributed by atoms with Gasteiger partial charge in [-0.1, -0.05) is 12.8 Å². The molecular weight excluding hydrogens is 366 g/mol. The number of thiophene rings is 1. The van der Waals surface area contributed by atoms with E-state index in [0.717, 1.165) is 13.1 Å². The van der Waals surface area contributed by atoms with Crippen molar-refractivity contribution in [3.8, 4) is 0 Å². The quantitative estimate of drug-likeness (QED) is 0.724. The van der Waals surface area contributed by atoms with Crippen LogP contribution in [0, 0.1) is 0 Å². The van der Waals surface area contributed by atoms with Crippen LogP contribution in [0.4, 0.5) is 0 Å². The van der Waals surface area contributed by atoms with Crippen LogP contribution in [0.2, 0.25) is 0 Å². The van der Waals surface area contributed by atoms with E-state index in [1.165, 1.54) is 25.7 Å². The minimum Gasteiger partial charge on any atom is -0.296 e. The van der Waals surface area contributed by atoms with Crippen LogP contribution in [0.5, 0.6) is 0 Å². The number of hydrogen-bond donors (Lipinski definition) is 0. The average Bonchev–Trinajstić information content (AvgIpc) is 2.87. The van der Waals surface area contributed by atoms with Crippen molar-refractivity contribution in [3.63, 3.8) is 0 Å². The number of carbonyl (C=O) groups excluding carboxylic acids is 1. The summed E-state index contributed by atoms with van der Waals surface area (Å²) in [4.78, 5) is 14.4. The first kappa shape index (κ1) is 13.7. The molecule has 0 spiro atoms. The highest BCUT2D eigenvalue weighted by Gasteiger charge is 2.23. The predicted molar refractivity (Wildman–Crippen MR) is 78.9 cm³/mol. The van der Waals surface area contributed by atoms with Crippen LogP contribution in [0.25, 0.3) is 0 Å². The monoisotopic (exact) mass is 379 g/mol. The number of likely N-dealkylation sites (N-methyl/N-ethyl adjacent to an activating group) is 1. The summed E-state index contributed by atoms with van der Waals surface area (Å²) in [6, 6.07) is 2.50. The molecule has 0 bridgehead atoms. The Balaban J connectivity index is 1.98. The second-order valence-electron chi connectivity index (χ2n) is 4.51. The molecule has 1 aliphatic rings. The summed E-state index contributed by atoms with van der Waals surface area (Å²) in [7, 11) is 2.06. The van der Waals surface area contributed by atoms with E-state index in [-0.39, 0.29) is 5.78 Å². The van der Waals surface area contributed by atoms with Crippen LogP contribution in [0.15, 0.2) is 13.6 Å². The highest BCUT2D eigenvalue weighted by Crippen LogP contribution is 2.32. The van der Waals surface area contributed by atoms with Gasteiger partial charge in [-0.15, -0.1) is 11.3 Å². The van der Waals surface area contributed by atoms with Crippen molar-refractivity contribution in [3.05, 3.63) is 19.2 Å². The maximum Gasteiger partial charge on any atom is 0.178 e. The number of nitrogens with zero attached hydrogens (tertiary/aromatic N) is 1. The maximum absolute atomic E-state index is 12.2. The molecule has 0 aromatic carbocycles. The van der Waals surface area contributed by atoms with Crippen molar-refractivity contribution >= 4 is 49.0 Å². The predicted octanol–water partition coefficient (Wildman–Crippen LogP) is 4.33.